The summed E-state index contributed by atoms with van der Waals surface area (Å²) in [6, 6.07) is 3.74. The molecule has 18 heavy (non-hydrogen) atoms. The number of nitrogens with zero attached hydrogens (tertiary/aromatic N) is 3. The maximum atomic E-state index is 5.73. The Balaban J connectivity index is 2.11. The van der Waals surface area contributed by atoms with E-state index in [2.05, 4.69) is 20.3 Å². The van der Waals surface area contributed by atoms with E-state index in [9.17, 15) is 0 Å². The Labute approximate surface area is 106 Å². The molecule has 0 unspecified atom stereocenters. The first-order valence-electron chi connectivity index (χ1n) is 5.96. The fourth-order valence-corrected chi connectivity index (χ4v) is 1.65. The van der Waals surface area contributed by atoms with Crippen molar-refractivity contribution in [2.24, 2.45) is 0 Å². The molecule has 0 aliphatic rings. The third-order valence-electron chi connectivity index (χ3n) is 2.70. The average molecular weight is 243 g/mol. The van der Waals surface area contributed by atoms with E-state index in [4.69, 9.17) is 5.73 Å². The molecule has 0 aliphatic carbocycles. The Morgan fingerprint density at radius 1 is 1.33 bits per heavy atom. The SMILES string of the molecule is CCc1nc(N)cc(NCc2ccncc2C)n1. The van der Waals surface area contributed by atoms with Gasteiger partial charge in [-0.15, -0.1) is 0 Å². The lowest BCUT2D eigenvalue weighted by atomic mass is 10.1. The lowest BCUT2D eigenvalue weighted by molar-refractivity contribution is 0.936. The zero-order valence-corrected chi connectivity index (χ0v) is 10.6. The number of aryl methyl sites for hydroxylation is 2. The molecule has 3 N–H and O–H groups in total. The molecule has 0 amide bonds. The molecule has 0 saturated heterocycles. The van der Waals surface area contributed by atoms with E-state index in [0.717, 1.165) is 23.6 Å². The highest BCUT2D eigenvalue weighted by molar-refractivity contribution is 5.45. The highest BCUT2D eigenvalue weighted by Gasteiger charge is 2.02. The Kier molecular flexibility index (Phi) is 3.72. The first-order valence-corrected chi connectivity index (χ1v) is 5.96. The van der Waals surface area contributed by atoms with Crippen LogP contribution in [0, 0.1) is 6.92 Å². The largest absolute Gasteiger partial charge is 0.384 e. The molecule has 0 aliphatic heterocycles. The van der Waals surface area contributed by atoms with Gasteiger partial charge in [0.15, 0.2) is 0 Å². The van der Waals surface area contributed by atoms with Gasteiger partial charge in [-0.05, 0) is 24.1 Å². The molecule has 0 radical (unpaired) electrons. The van der Waals surface area contributed by atoms with Crippen LogP contribution in [-0.2, 0) is 13.0 Å². The van der Waals surface area contributed by atoms with Crippen molar-refractivity contribution in [1.29, 1.82) is 0 Å². The Morgan fingerprint density at radius 3 is 2.89 bits per heavy atom. The number of hydrogen-bond donors (Lipinski definition) is 2. The van der Waals surface area contributed by atoms with Gasteiger partial charge in [0.05, 0.1) is 0 Å². The average Bonchev–Trinajstić information content (AvgIpc) is 2.37. The second-order valence-corrected chi connectivity index (χ2v) is 4.10. The van der Waals surface area contributed by atoms with Crippen LogP contribution in [0.2, 0.25) is 0 Å². The standard InChI is InChI=1S/C13H17N5/c1-3-12-17-11(14)6-13(18-12)16-8-10-4-5-15-7-9(10)2/h4-7H,3,8H2,1-2H3,(H3,14,16,17,18). The summed E-state index contributed by atoms with van der Waals surface area (Å²) in [6.45, 7) is 4.75. The molecule has 0 atom stereocenters. The van der Waals surface area contributed by atoms with Crippen LogP contribution in [0.5, 0.6) is 0 Å². The van der Waals surface area contributed by atoms with Crippen molar-refractivity contribution >= 4 is 11.6 Å². The van der Waals surface area contributed by atoms with E-state index in [1.807, 2.05) is 26.1 Å². The van der Waals surface area contributed by atoms with E-state index >= 15 is 0 Å². The van der Waals surface area contributed by atoms with Gasteiger partial charge in [-0.25, -0.2) is 9.97 Å². The molecule has 5 heteroatoms. The Morgan fingerprint density at radius 2 is 2.17 bits per heavy atom. The van der Waals surface area contributed by atoms with Gasteiger partial charge in [-0.2, -0.15) is 0 Å². The predicted octanol–water partition coefficient (Wildman–Crippen LogP) is 1.94. The molecule has 94 valence electrons. The quantitative estimate of drug-likeness (QED) is 0.858. The summed E-state index contributed by atoms with van der Waals surface area (Å²) < 4.78 is 0. The van der Waals surface area contributed by atoms with E-state index in [1.165, 1.54) is 5.56 Å². The van der Waals surface area contributed by atoms with Crippen LogP contribution in [-0.4, -0.2) is 15.0 Å². The van der Waals surface area contributed by atoms with Crippen LogP contribution in [0.1, 0.15) is 23.9 Å². The monoisotopic (exact) mass is 243 g/mol. The zero-order chi connectivity index (χ0) is 13.0. The van der Waals surface area contributed by atoms with Crippen molar-refractivity contribution in [2.75, 3.05) is 11.1 Å². The summed E-state index contributed by atoms with van der Waals surface area (Å²) in [7, 11) is 0. The third kappa shape index (κ3) is 2.94. The molecule has 0 spiro atoms. The lowest BCUT2D eigenvalue weighted by Gasteiger charge is -2.09. The van der Waals surface area contributed by atoms with Crippen molar-refractivity contribution in [1.82, 2.24) is 15.0 Å². The fourth-order valence-electron chi connectivity index (χ4n) is 1.65. The van der Waals surface area contributed by atoms with Crippen molar-refractivity contribution in [3.8, 4) is 0 Å². The molecule has 2 rings (SSSR count). The molecule has 5 nitrogen and oxygen atoms in total. The van der Waals surface area contributed by atoms with Crippen molar-refractivity contribution < 1.29 is 0 Å². The number of hydrogen-bond acceptors (Lipinski definition) is 5. The summed E-state index contributed by atoms with van der Waals surface area (Å²) in [4.78, 5) is 12.6. The van der Waals surface area contributed by atoms with Crippen LogP contribution >= 0.6 is 0 Å². The van der Waals surface area contributed by atoms with Gasteiger partial charge in [-0.1, -0.05) is 6.92 Å². The minimum absolute atomic E-state index is 0.496. The fraction of sp³-hybridized carbons (Fsp3) is 0.308. The third-order valence-corrected chi connectivity index (χ3v) is 2.70. The zero-order valence-electron chi connectivity index (χ0n) is 10.6. The predicted molar refractivity (Wildman–Crippen MR) is 72.1 cm³/mol. The molecule has 2 heterocycles. The Hall–Kier alpha value is -2.17. The van der Waals surface area contributed by atoms with Crippen LogP contribution in [0.25, 0.3) is 0 Å². The van der Waals surface area contributed by atoms with Crippen LogP contribution < -0.4 is 11.1 Å². The molecule has 0 bridgehead atoms. The maximum absolute atomic E-state index is 5.73. The molecule has 2 aromatic heterocycles. The van der Waals surface area contributed by atoms with Crippen molar-refractivity contribution in [3.63, 3.8) is 0 Å². The summed E-state index contributed by atoms with van der Waals surface area (Å²) in [5.41, 5.74) is 8.08. The smallest absolute Gasteiger partial charge is 0.132 e. The molecule has 2 aromatic rings. The summed E-state index contributed by atoms with van der Waals surface area (Å²) in [5.74, 6) is 2.01. The molecular weight excluding hydrogens is 226 g/mol. The van der Waals surface area contributed by atoms with Crippen molar-refractivity contribution in [3.05, 3.63) is 41.5 Å². The van der Waals surface area contributed by atoms with Gasteiger partial charge in [0.1, 0.15) is 17.5 Å². The van der Waals surface area contributed by atoms with E-state index in [0.29, 0.717) is 12.4 Å². The first kappa shape index (κ1) is 12.3. The summed E-state index contributed by atoms with van der Waals surface area (Å²) in [5, 5.41) is 3.26. The lowest BCUT2D eigenvalue weighted by Crippen LogP contribution is -2.07. The van der Waals surface area contributed by atoms with Crippen molar-refractivity contribution in [2.45, 2.75) is 26.8 Å². The molecular formula is C13H17N5. The van der Waals surface area contributed by atoms with E-state index in [1.54, 1.807) is 12.3 Å². The number of nitrogens with two attached hydrogens (primary N) is 1. The van der Waals surface area contributed by atoms with Gasteiger partial charge < -0.3 is 11.1 Å². The molecule has 0 saturated carbocycles. The van der Waals surface area contributed by atoms with Crippen LogP contribution in [0.15, 0.2) is 24.5 Å². The number of nitrogen functional groups attached to an aromatic ring is 1. The second-order valence-electron chi connectivity index (χ2n) is 4.10. The number of anilines is 2. The summed E-state index contributed by atoms with van der Waals surface area (Å²) >= 11 is 0. The van der Waals surface area contributed by atoms with Gasteiger partial charge in [-0.3, -0.25) is 4.98 Å². The summed E-state index contributed by atoms with van der Waals surface area (Å²) in [6.07, 6.45) is 4.41. The molecule has 0 aromatic carbocycles. The van der Waals surface area contributed by atoms with Gasteiger partial charge in [0, 0.05) is 31.4 Å². The van der Waals surface area contributed by atoms with Gasteiger partial charge in [0.25, 0.3) is 0 Å². The number of pyridine rings is 1. The normalized spacial score (nSPS) is 10.3. The minimum Gasteiger partial charge on any atom is -0.384 e. The molecule has 0 fully saturated rings. The van der Waals surface area contributed by atoms with E-state index in [-0.39, 0.29) is 0 Å². The van der Waals surface area contributed by atoms with Gasteiger partial charge >= 0.3 is 0 Å². The number of aromatic nitrogens is 3. The topological polar surface area (TPSA) is 76.7 Å². The maximum Gasteiger partial charge on any atom is 0.132 e. The number of rotatable bonds is 4. The van der Waals surface area contributed by atoms with Crippen LogP contribution in [0.4, 0.5) is 11.6 Å². The minimum atomic E-state index is 0.496. The second kappa shape index (κ2) is 5.44. The highest BCUT2D eigenvalue weighted by Crippen LogP contribution is 2.12. The van der Waals surface area contributed by atoms with Gasteiger partial charge in [0.2, 0.25) is 0 Å². The first-order chi connectivity index (χ1) is 8.69. The number of nitrogens with one attached hydrogen (secondary N) is 1. The Bertz CT molecular complexity index is 539. The van der Waals surface area contributed by atoms with E-state index < -0.39 is 0 Å². The highest BCUT2D eigenvalue weighted by atomic mass is 15.0. The van der Waals surface area contributed by atoms with Crippen LogP contribution in [0.3, 0.4) is 0 Å².